The number of carbonyl (C=O) groups excluding carboxylic acids is 2. The number of ketones is 1. The molecular weight excluding hydrogens is 384 g/mol. The molecule has 3 nitrogen and oxygen atoms in total. The SMILES string of the molecule is C=Cc1ccc(CCC(C)(C(=O)OC(C)(C)C)C(=O)c2ccc3ccccc3c2)cc1. The second-order valence-corrected chi connectivity index (χ2v) is 9.17. The van der Waals surface area contributed by atoms with Gasteiger partial charge < -0.3 is 4.74 Å². The second kappa shape index (κ2) is 8.89. The van der Waals surface area contributed by atoms with Gasteiger partial charge in [-0.15, -0.1) is 0 Å². The smallest absolute Gasteiger partial charge is 0.320 e. The maximum absolute atomic E-state index is 13.6. The first-order valence-electron chi connectivity index (χ1n) is 10.6. The van der Waals surface area contributed by atoms with Crippen LogP contribution in [0.4, 0.5) is 0 Å². The summed E-state index contributed by atoms with van der Waals surface area (Å²) < 4.78 is 5.68. The van der Waals surface area contributed by atoms with Crippen LogP contribution in [0, 0.1) is 5.41 Å². The normalized spacial score (nSPS) is 13.4. The number of hydrogen-bond donors (Lipinski definition) is 0. The maximum Gasteiger partial charge on any atom is 0.320 e. The monoisotopic (exact) mass is 414 g/mol. The third-order valence-electron chi connectivity index (χ3n) is 5.49. The summed E-state index contributed by atoms with van der Waals surface area (Å²) >= 11 is 0. The molecule has 0 aliphatic carbocycles. The molecule has 0 fully saturated rings. The highest BCUT2D eigenvalue weighted by Gasteiger charge is 2.44. The van der Waals surface area contributed by atoms with Crippen LogP contribution in [-0.2, 0) is 16.0 Å². The lowest BCUT2D eigenvalue weighted by molar-refractivity contribution is -0.163. The molecular formula is C28H30O3. The Morgan fingerprint density at radius 1 is 0.903 bits per heavy atom. The zero-order valence-corrected chi connectivity index (χ0v) is 18.8. The molecule has 0 spiro atoms. The number of aryl methyl sites for hydroxylation is 1. The quantitative estimate of drug-likeness (QED) is 0.247. The molecule has 0 aliphatic rings. The number of rotatable bonds is 7. The van der Waals surface area contributed by atoms with Gasteiger partial charge in [0.15, 0.2) is 5.78 Å². The summed E-state index contributed by atoms with van der Waals surface area (Å²) in [7, 11) is 0. The van der Waals surface area contributed by atoms with Crippen LogP contribution in [0.25, 0.3) is 16.8 Å². The predicted molar refractivity (Wildman–Crippen MR) is 127 cm³/mol. The van der Waals surface area contributed by atoms with E-state index in [1.807, 2.05) is 81.4 Å². The Bertz CT molecular complexity index is 1100. The zero-order chi connectivity index (χ0) is 22.6. The lowest BCUT2D eigenvalue weighted by Crippen LogP contribution is -2.42. The van der Waals surface area contributed by atoms with Crippen molar-refractivity contribution in [3.05, 3.63) is 90.0 Å². The molecule has 0 saturated heterocycles. The number of esters is 1. The van der Waals surface area contributed by atoms with Crippen LogP contribution in [0.3, 0.4) is 0 Å². The second-order valence-electron chi connectivity index (χ2n) is 9.17. The van der Waals surface area contributed by atoms with E-state index in [1.165, 1.54) is 0 Å². The summed E-state index contributed by atoms with van der Waals surface area (Å²) in [5.41, 5.74) is 0.659. The van der Waals surface area contributed by atoms with Crippen molar-refractivity contribution in [3.8, 4) is 0 Å². The van der Waals surface area contributed by atoms with E-state index in [0.29, 0.717) is 18.4 Å². The van der Waals surface area contributed by atoms with Crippen LogP contribution in [-0.4, -0.2) is 17.4 Å². The number of Topliss-reactive ketones (excluding diaryl/α,β-unsaturated/α-hetero) is 1. The lowest BCUT2D eigenvalue weighted by Gasteiger charge is -2.30. The first-order chi connectivity index (χ1) is 14.6. The van der Waals surface area contributed by atoms with Crippen molar-refractivity contribution in [2.45, 2.75) is 46.1 Å². The minimum absolute atomic E-state index is 0.213. The molecule has 0 saturated carbocycles. The van der Waals surface area contributed by atoms with Gasteiger partial charge in [-0.05, 0) is 68.5 Å². The summed E-state index contributed by atoms with van der Waals surface area (Å²) in [4.78, 5) is 26.9. The maximum atomic E-state index is 13.6. The molecule has 0 aromatic heterocycles. The van der Waals surface area contributed by atoms with Crippen LogP contribution in [0.1, 0.15) is 55.6 Å². The van der Waals surface area contributed by atoms with Crippen LogP contribution in [0.5, 0.6) is 0 Å². The van der Waals surface area contributed by atoms with Crippen molar-refractivity contribution in [2.24, 2.45) is 5.41 Å². The summed E-state index contributed by atoms with van der Waals surface area (Å²) in [6, 6.07) is 21.4. The van der Waals surface area contributed by atoms with Gasteiger partial charge in [-0.2, -0.15) is 0 Å². The van der Waals surface area contributed by atoms with E-state index < -0.39 is 17.0 Å². The number of ether oxygens (including phenoxy) is 1. The van der Waals surface area contributed by atoms with Crippen molar-refractivity contribution in [2.75, 3.05) is 0 Å². The Morgan fingerprint density at radius 2 is 1.55 bits per heavy atom. The summed E-state index contributed by atoms with van der Waals surface area (Å²) in [5, 5.41) is 2.03. The van der Waals surface area contributed by atoms with Crippen LogP contribution >= 0.6 is 0 Å². The van der Waals surface area contributed by atoms with Gasteiger partial charge in [0, 0.05) is 5.56 Å². The minimum Gasteiger partial charge on any atom is -0.459 e. The number of fused-ring (bicyclic) bond motifs is 1. The molecule has 3 heteroatoms. The van der Waals surface area contributed by atoms with Gasteiger partial charge in [-0.25, -0.2) is 0 Å². The van der Waals surface area contributed by atoms with Gasteiger partial charge in [0.25, 0.3) is 0 Å². The fourth-order valence-corrected chi connectivity index (χ4v) is 3.56. The third-order valence-corrected chi connectivity index (χ3v) is 5.49. The summed E-state index contributed by atoms with van der Waals surface area (Å²) in [6.07, 6.45) is 2.74. The molecule has 0 amide bonds. The molecule has 3 aromatic carbocycles. The van der Waals surface area contributed by atoms with E-state index in [1.54, 1.807) is 19.1 Å². The van der Waals surface area contributed by atoms with Gasteiger partial charge in [0.1, 0.15) is 11.0 Å². The molecule has 3 rings (SSSR count). The van der Waals surface area contributed by atoms with Gasteiger partial charge in [-0.1, -0.05) is 73.3 Å². The van der Waals surface area contributed by atoms with Crippen molar-refractivity contribution in [1.82, 2.24) is 0 Å². The minimum atomic E-state index is -1.28. The van der Waals surface area contributed by atoms with Gasteiger partial charge in [-0.3, -0.25) is 9.59 Å². The molecule has 1 atom stereocenters. The topological polar surface area (TPSA) is 43.4 Å². The van der Waals surface area contributed by atoms with Gasteiger partial charge in [0.05, 0.1) is 0 Å². The van der Waals surface area contributed by atoms with E-state index in [9.17, 15) is 9.59 Å². The molecule has 1 unspecified atom stereocenters. The molecule has 0 aliphatic heterocycles. The van der Waals surface area contributed by atoms with Crippen molar-refractivity contribution < 1.29 is 14.3 Å². The molecule has 0 bridgehead atoms. The first-order valence-corrected chi connectivity index (χ1v) is 10.6. The van der Waals surface area contributed by atoms with E-state index in [4.69, 9.17) is 4.74 Å². The van der Waals surface area contributed by atoms with Crippen molar-refractivity contribution in [1.29, 1.82) is 0 Å². The molecule has 160 valence electrons. The zero-order valence-electron chi connectivity index (χ0n) is 18.8. The highest BCUT2D eigenvalue weighted by Crippen LogP contribution is 2.33. The lowest BCUT2D eigenvalue weighted by atomic mass is 9.77. The van der Waals surface area contributed by atoms with Crippen LogP contribution in [0.2, 0.25) is 0 Å². The highest BCUT2D eigenvalue weighted by atomic mass is 16.6. The van der Waals surface area contributed by atoms with Gasteiger partial charge in [0.2, 0.25) is 0 Å². The molecule has 31 heavy (non-hydrogen) atoms. The largest absolute Gasteiger partial charge is 0.459 e. The van der Waals surface area contributed by atoms with E-state index >= 15 is 0 Å². The average molecular weight is 415 g/mol. The standard InChI is InChI=1S/C28H30O3/c1-6-20-11-13-21(14-12-20)17-18-28(5,26(30)31-27(2,3)4)25(29)24-16-15-22-9-7-8-10-23(22)19-24/h6-16,19H,1,17-18H2,2-5H3. The average Bonchev–Trinajstić information content (AvgIpc) is 2.75. The fraction of sp³-hybridized carbons (Fsp3) is 0.286. The fourth-order valence-electron chi connectivity index (χ4n) is 3.56. The van der Waals surface area contributed by atoms with E-state index in [0.717, 1.165) is 21.9 Å². The summed E-state index contributed by atoms with van der Waals surface area (Å²) in [5.74, 6) is -0.698. The first kappa shape index (κ1) is 22.5. The molecule has 0 radical (unpaired) electrons. The number of carbonyl (C=O) groups is 2. The Hall–Kier alpha value is -3.20. The molecule has 0 N–H and O–H groups in total. The summed E-state index contributed by atoms with van der Waals surface area (Å²) in [6.45, 7) is 10.9. The van der Waals surface area contributed by atoms with Gasteiger partial charge >= 0.3 is 5.97 Å². The van der Waals surface area contributed by atoms with Crippen molar-refractivity contribution >= 4 is 28.6 Å². The highest BCUT2D eigenvalue weighted by molar-refractivity contribution is 6.13. The Morgan fingerprint density at radius 3 is 2.16 bits per heavy atom. The molecule has 0 heterocycles. The Labute approximate surface area is 184 Å². The van der Waals surface area contributed by atoms with Crippen LogP contribution in [0.15, 0.2) is 73.3 Å². The number of hydrogen-bond acceptors (Lipinski definition) is 3. The van der Waals surface area contributed by atoms with E-state index in [2.05, 4.69) is 6.58 Å². The Kier molecular flexibility index (Phi) is 6.45. The predicted octanol–water partition coefficient (Wildman–Crippen LogP) is 6.65. The molecule has 3 aromatic rings. The van der Waals surface area contributed by atoms with Crippen molar-refractivity contribution in [3.63, 3.8) is 0 Å². The van der Waals surface area contributed by atoms with E-state index in [-0.39, 0.29) is 5.78 Å². The number of benzene rings is 3. The Balaban J connectivity index is 1.93. The third kappa shape index (κ3) is 5.29. The van der Waals surface area contributed by atoms with Crippen LogP contribution < -0.4 is 0 Å².